The molecular formula is C10H11ClN2OS. The molecule has 0 bridgehead atoms. The number of halogens is 1. The second-order valence-electron chi connectivity index (χ2n) is 3.12. The van der Waals surface area contributed by atoms with Gasteiger partial charge in [0.2, 0.25) is 0 Å². The van der Waals surface area contributed by atoms with Gasteiger partial charge in [-0.1, -0.05) is 11.6 Å². The average molecular weight is 243 g/mol. The van der Waals surface area contributed by atoms with E-state index in [0.29, 0.717) is 10.2 Å². The summed E-state index contributed by atoms with van der Waals surface area (Å²) in [4.78, 5) is 4.97. The summed E-state index contributed by atoms with van der Waals surface area (Å²) in [6.45, 7) is 2.81. The molecule has 0 aliphatic rings. The standard InChI is InChI=1S/C10H11ClN2OS/c1-2-13-6-5-12-10(13)9(14)7-3-4-8(11)15-7/h3-6,9,14H,2H2,1H3. The molecule has 0 aromatic carbocycles. The van der Waals surface area contributed by atoms with Crippen molar-refractivity contribution in [3.63, 3.8) is 0 Å². The van der Waals surface area contributed by atoms with Gasteiger partial charge >= 0.3 is 0 Å². The highest BCUT2D eigenvalue weighted by Crippen LogP contribution is 2.30. The molecule has 1 N–H and O–H groups in total. The largest absolute Gasteiger partial charge is 0.380 e. The van der Waals surface area contributed by atoms with Crippen LogP contribution in [0.25, 0.3) is 0 Å². The van der Waals surface area contributed by atoms with Crippen LogP contribution in [0.1, 0.15) is 23.7 Å². The van der Waals surface area contributed by atoms with Crippen molar-refractivity contribution in [1.29, 1.82) is 0 Å². The van der Waals surface area contributed by atoms with Crippen molar-refractivity contribution >= 4 is 22.9 Å². The van der Waals surface area contributed by atoms with E-state index in [4.69, 9.17) is 11.6 Å². The van der Waals surface area contributed by atoms with Crippen LogP contribution in [0.4, 0.5) is 0 Å². The van der Waals surface area contributed by atoms with Crippen LogP contribution in [-0.2, 0) is 6.54 Å². The second-order valence-corrected chi connectivity index (χ2v) is 4.86. The molecule has 2 heterocycles. The molecule has 1 unspecified atom stereocenters. The molecule has 2 rings (SSSR count). The fourth-order valence-corrected chi connectivity index (χ4v) is 2.48. The van der Waals surface area contributed by atoms with Crippen molar-refractivity contribution < 1.29 is 5.11 Å². The van der Waals surface area contributed by atoms with E-state index >= 15 is 0 Å². The van der Waals surface area contributed by atoms with Gasteiger partial charge in [-0.2, -0.15) is 0 Å². The smallest absolute Gasteiger partial charge is 0.146 e. The zero-order chi connectivity index (χ0) is 10.8. The van der Waals surface area contributed by atoms with Crippen LogP contribution < -0.4 is 0 Å². The molecule has 0 fully saturated rings. The first kappa shape index (κ1) is 10.7. The molecule has 0 aliphatic heterocycles. The molecule has 2 aromatic rings. The van der Waals surface area contributed by atoms with Crippen LogP contribution in [-0.4, -0.2) is 14.7 Å². The zero-order valence-electron chi connectivity index (χ0n) is 8.22. The first-order valence-corrected chi connectivity index (χ1v) is 5.86. The van der Waals surface area contributed by atoms with E-state index in [-0.39, 0.29) is 0 Å². The van der Waals surface area contributed by atoms with Crippen LogP contribution in [0.15, 0.2) is 24.5 Å². The number of rotatable bonds is 3. The third-order valence-electron chi connectivity index (χ3n) is 2.20. The van der Waals surface area contributed by atoms with Gasteiger partial charge in [0, 0.05) is 23.8 Å². The summed E-state index contributed by atoms with van der Waals surface area (Å²) in [7, 11) is 0. The first-order valence-electron chi connectivity index (χ1n) is 4.66. The van der Waals surface area contributed by atoms with Gasteiger partial charge < -0.3 is 9.67 Å². The maximum Gasteiger partial charge on any atom is 0.146 e. The lowest BCUT2D eigenvalue weighted by atomic mass is 10.3. The van der Waals surface area contributed by atoms with Gasteiger partial charge in [0.25, 0.3) is 0 Å². The highest BCUT2D eigenvalue weighted by Gasteiger charge is 2.17. The SMILES string of the molecule is CCn1ccnc1C(O)c1ccc(Cl)s1. The number of hydrogen-bond acceptors (Lipinski definition) is 3. The molecule has 0 amide bonds. The quantitative estimate of drug-likeness (QED) is 0.899. The minimum Gasteiger partial charge on any atom is -0.380 e. The summed E-state index contributed by atoms with van der Waals surface area (Å²) in [5, 5.41) is 10.1. The highest BCUT2D eigenvalue weighted by molar-refractivity contribution is 7.16. The Morgan fingerprint density at radius 1 is 1.60 bits per heavy atom. The Morgan fingerprint density at radius 3 is 3.00 bits per heavy atom. The monoisotopic (exact) mass is 242 g/mol. The summed E-state index contributed by atoms with van der Waals surface area (Å²) in [5.74, 6) is 0.663. The maximum atomic E-state index is 10.1. The minimum atomic E-state index is -0.683. The molecule has 1 atom stereocenters. The van der Waals surface area contributed by atoms with Crippen molar-refractivity contribution in [3.05, 3.63) is 39.6 Å². The summed E-state index contributed by atoms with van der Waals surface area (Å²) < 4.78 is 2.59. The molecule has 3 nitrogen and oxygen atoms in total. The van der Waals surface area contributed by atoms with E-state index < -0.39 is 6.10 Å². The normalized spacial score (nSPS) is 13.0. The highest BCUT2D eigenvalue weighted by atomic mass is 35.5. The van der Waals surface area contributed by atoms with Gasteiger partial charge in [-0.15, -0.1) is 11.3 Å². The Morgan fingerprint density at radius 2 is 2.40 bits per heavy atom. The first-order chi connectivity index (χ1) is 7.22. The van der Waals surface area contributed by atoms with Gasteiger partial charge in [-0.05, 0) is 19.1 Å². The molecular weight excluding hydrogens is 232 g/mol. The summed E-state index contributed by atoms with van der Waals surface area (Å²) >= 11 is 7.20. The van der Waals surface area contributed by atoms with Crippen LogP contribution in [0.3, 0.4) is 0 Å². The van der Waals surface area contributed by atoms with E-state index in [1.165, 1.54) is 11.3 Å². The molecule has 0 aliphatic carbocycles. The molecule has 0 spiro atoms. The Labute approximate surface area is 97.0 Å². The van der Waals surface area contributed by atoms with Crippen LogP contribution >= 0.6 is 22.9 Å². The number of aromatic nitrogens is 2. The fourth-order valence-electron chi connectivity index (χ4n) is 1.44. The predicted octanol–water partition coefficient (Wildman–Crippen LogP) is 2.70. The van der Waals surface area contributed by atoms with E-state index in [1.54, 1.807) is 12.3 Å². The number of imidazole rings is 1. The van der Waals surface area contributed by atoms with E-state index in [2.05, 4.69) is 4.98 Å². The second kappa shape index (κ2) is 4.35. The van der Waals surface area contributed by atoms with Gasteiger partial charge in [0.1, 0.15) is 11.9 Å². The number of nitrogens with zero attached hydrogens (tertiary/aromatic N) is 2. The summed E-state index contributed by atoms with van der Waals surface area (Å²) in [6, 6.07) is 3.61. The van der Waals surface area contributed by atoms with Crippen molar-refractivity contribution in [1.82, 2.24) is 9.55 Å². The van der Waals surface area contributed by atoms with Gasteiger partial charge in [0.05, 0.1) is 4.34 Å². The van der Waals surface area contributed by atoms with Gasteiger partial charge in [0.15, 0.2) is 0 Å². The molecule has 2 aromatic heterocycles. The topological polar surface area (TPSA) is 38.0 Å². The third kappa shape index (κ3) is 2.07. The maximum absolute atomic E-state index is 10.1. The molecule has 80 valence electrons. The van der Waals surface area contributed by atoms with E-state index in [0.717, 1.165) is 11.4 Å². The lowest BCUT2D eigenvalue weighted by molar-refractivity contribution is 0.208. The Kier molecular flexibility index (Phi) is 3.09. The third-order valence-corrected chi connectivity index (χ3v) is 3.48. The lowest BCUT2D eigenvalue weighted by Crippen LogP contribution is -2.07. The number of hydrogen-bond donors (Lipinski definition) is 1. The van der Waals surface area contributed by atoms with Gasteiger partial charge in [-0.3, -0.25) is 0 Å². The number of aliphatic hydroxyl groups excluding tert-OH is 1. The van der Waals surface area contributed by atoms with E-state index in [1.807, 2.05) is 23.8 Å². The lowest BCUT2D eigenvalue weighted by Gasteiger charge is -2.09. The number of thiophene rings is 1. The van der Waals surface area contributed by atoms with Crippen LogP contribution in [0.5, 0.6) is 0 Å². The predicted molar refractivity (Wildman–Crippen MR) is 61.3 cm³/mol. The Balaban J connectivity index is 2.31. The zero-order valence-corrected chi connectivity index (χ0v) is 9.79. The van der Waals surface area contributed by atoms with Crippen LogP contribution in [0, 0.1) is 0 Å². The van der Waals surface area contributed by atoms with Crippen molar-refractivity contribution in [2.24, 2.45) is 0 Å². The number of aliphatic hydroxyl groups is 1. The van der Waals surface area contributed by atoms with Crippen molar-refractivity contribution in [2.45, 2.75) is 19.6 Å². The average Bonchev–Trinajstić information content (AvgIpc) is 2.84. The minimum absolute atomic E-state index is 0.663. The molecule has 0 saturated heterocycles. The summed E-state index contributed by atoms with van der Waals surface area (Å²) in [6.07, 6.45) is 2.86. The molecule has 0 radical (unpaired) electrons. The fraction of sp³-hybridized carbons (Fsp3) is 0.300. The molecule has 0 saturated carbocycles. The Bertz CT molecular complexity index is 452. The van der Waals surface area contributed by atoms with Crippen molar-refractivity contribution in [3.8, 4) is 0 Å². The number of aryl methyl sites for hydroxylation is 1. The van der Waals surface area contributed by atoms with Gasteiger partial charge in [-0.25, -0.2) is 4.98 Å². The molecule has 5 heteroatoms. The summed E-state index contributed by atoms with van der Waals surface area (Å²) in [5.41, 5.74) is 0. The van der Waals surface area contributed by atoms with Crippen molar-refractivity contribution in [2.75, 3.05) is 0 Å². The van der Waals surface area contributed by atoms with Crippen LogP contribution in [0.2, 0.25) is 4.34 Å². The Hall–Kier alpha value is -0.840. The molecule has 15 heavy (non-hydrogen) atoms. The van der Waals surface area contributed by atoms with E-state index in [9.17, 15) is 5.11 Å².